The van der Waals surface area contributed by atoms with Gasteiger partial charge in [-0.1, -0.05) is 18.2 Å². The fourth-order valence-electron chi connectivity index (χ4n) is 3.53. The zero-order valence-electron chi connectivity index (χ0n) is 16.3. The van der Waals surface area contributed by atoms with Crippen molar-refractivity contribution in [3.63, 3.8) is 0 Å². The lowest BCUT2D eigenvalue weighted by atomic mass is 10.2. The van der Waals surface area contributed by atoms with Crippen LogP contribution in [0.1, 0.15) is 6.42 Å². The van der Waals surface area contributed by atoms with E-state index in [-0.39, 0.29) is 17.9 Å². The summed E-state index contributed by atoms with van der Waals surface area (Å²) in [7, 11) is 1.59. The van der Waals surface area contributed by atoms with Gasteiger partial charge in [-0.3, -0.25) is 14.5 Å². The number of hydrogen-bond acceptors (Lipinski definition) is 6. The fraction of sp³-hybridized carbons (Fsp3) is 0.600. The average Bonchev–Trinajstić information content (AvgIpc) is 3.14. The van der Waals surface area contributed by atoms with Crippen LogP contribution in [0, 0.1) is 0 Å². The van der Waals surface area contributed by atoms with Gasteiger partial charge in [-0.15, -0.1) is 0 Å². The molecule has 0 aromatic heterocycles. The highest BCUT2D eigenvalue weighted by molar-refractivity contribution is 5.89. The molecule has 2 aliphatic rings. The summed E-state index contributed by atoms with van der Waals surface area (Å²) in [6.07, 6.45) is 0.261. The van der Waals surface area contributed by atoms with Gasteiger partial charge in [0.05, 0.1) is 32.9 Å². The molecule has 0 aliphatic carbocycles. The van der Waals surface area contributed by atoms with Gasteiger partial charge in [0.2, 0.25) is 11.8 Å². The summed E-state index contributed by atoms with van der Waals surface area (Å²) in [4.78, 5) is 29.3. The molecule has 28 heavy (non-hydrogen) atoms. The standard InChI is InChI=1S/C20H29N3O5/c1-26-10-7-21-20(25)18-13-17(28-16-5-3-2-4-6-16)14-23(18)19(24)15-22-8-11-27-12-9-22/h2-6,17-18H,7-15H2,1H3,(H,21,25)/t17-,18-/m0/s1. The molecule has 154 valence electrons. The van der Waals surface area contributed by atoms with Gasteiger partial charge in [0.1, 0.15) is 17.9 Å². The van der Waals surface area contributed by atoms with Crippen LogP contribution >= 0.6 is 0 Å². The van der Waals surface area contributed by atoms with E-state index in [1.54, 1.807) is 12.0 Å². The Kier molecular flexibility index (Phi) is 7.64. The Balaban J connectivity index is 1.63. The molecule has 1 aromatic carbocycles. The summed E-state index contributed by atoms with van der Waals surface area (Å²) < 4.78 is 16.4. The molecule has 0 saturated carbocycles. The molecule has 0 unspecified atom stereocenters. The van der Waals surface area contributed by atoms with Crippen molar-refractivity contribution in [3.8, 4) is 5.75 Å². The van der Waals surface area contributed by atoms with E-state index < -0.39 is 6.04 Å². The SMILES string of the molecule is COCCNC(=O)[C@@H]1C[C@H](Oc2ccccc2)CN1C(=O)CN1CCOCC1. The topological polar surface area (TPSA) is 80.3 Å². The van der Waals surface area contributed by atoms with Crippen molar-refractivity contribution < 1.29 is 23.8 Å². The van der Waals surface area contributed by atoms with Crippen molar-refractivity contribution in [2.45, 2.75) is 18.6 Å². The van der Waals surface area contributed by atoms with Gasteiger partial charge in [-0.05, 0) is 12.1 Å². The smallest absolute Gasteiger partial charge is 0.243 e. The fourth-order valence-corrected chi connectivity index (χ4v) is 3.53. The Labute approximate surface area is 165 Å². The van der Waals surface area contributed by atoms with Crippen LogP contribution in [0.5, 0.6) is 5.75 Å². The van der Waals surface area contributed by atoms with Crippen molar-refractivity contribution in [2.75, 3.05) is 59.7 Å². The first-order chi connectivity index (χ1) is 13.7. The van der Waals surface area contributed by atoms with Crippen LogP contribution in [0.25, 0.3) is 0 Å². The highest BCUT2D eigenvalue weighted by Gasteiger charge is 2.40. The molecule has 2 fully saturated rings. The van der Waals surface area contributed by atoms with E-state index in [0.29, 0.717) is 45.9 Å². The molecule has 2 aliphatic heterocycles. The number of nitrogens with zero attached hydrogens (tertiary/aromatic N) is 2. The summed E-state index contributed by atoms with van der Waals surface area (Å²) in [5.74, 6) is 0.535. The number of amides is 2. The van der Waals surface area contributed by atoms with Crippen LogP contribution in [-0.4, -0.2) is 93.4 Å². The second kappa shape index (κ2) is 10.4. The van der Waals surface area contributed by atoms with Crippen LogP contribution in [0.2, 0.25) is 0 Å². The summed E-state index contributed by atoms with van der Waals surface area (Å²) in [5, 5.41) is 2.85. The summed E-state index contributed by atoms with van der Waals surface area (Å²) in [6.45, 7) is 4.28. The first kappa shape index (κ1) is 20.6. The molecule has 3 rings (SSSR count). The highest BCUT2D eigenvalue weighted by atomic mass is 16.5. The molecule has 0 spiro atoms. The molecule has 2 saturated heterocycles. The van der Waals surface area contributed by atoms with Gasteiger partial charge in [-0.25, -0.2) is 0 Å². The zero-order valence-corrected chi connectivity index (χ0v) is 16.3. The van der Waals surface area contributed by atoms with Crippen molar-refractivity contribution in [1.29, 1.82) is 0 Å². The predicted octanol–water partition coefficient (Wildman–Crippen LogP) is 0.130. The minimum absolute atomic E-state index is 0.0482. The Hall–Kier alpha value is -2.16. The van der Waals surface area contributed by atoms with Gasteiger partial charge in [-0.2, -0.15) is 0 Å². The molecule has 2 heterocycles. The minimum atomic E-state index is -0.529. The number of carbonyl (C=O) groups is 2. The maximum Gasteiger partial charge on any atom is 0.243 e. The van der Waals surface area contributed by atoms with E-state index in [0.717, 1.165) is 18.8 Å². The van der Waals surface area contributed by atoms with E-state index in [1.807, 2.05) is 30.3 Å². The normalized spacial score (nSPS) is 22.8. The third-order valence-electron chi connectivity index (χ3n) is 5.00. The van der Waals surface area contributed by atoms with Gasteiger partial charge in [0.25, 0.3) is 0 Å². The largest absolute Gasteiger partial charge is 0.488 e. The zero-order chi connectivity index (χ0) is 19.8. The summed E-state index contributed by atoms with van der Waals surface area (Å²) in [6, 6.07) is 8.96. The Morgan fingerprint density at radius 1 is 1.21 bits per heavy atom. The molecule has 8 nitrogen and oxygen atoms in total. The lowest BCUT2D eigenvalue weighted by molar-refractivity contribution is -0.140. The molecular weight excluding hydrogens is 362 g/mol. The Bertz CT molecular complexity index is 636. The number of rotatable bonds is 8. The summed E-state index contributed by atoms with van der Waals surface area (Å²) >= 11 is 0. The maximum absolute atomic E-state index is 12.9. The number of methoxy groups -OCH3 is 1. The predicted molar refractivity (Wildman–Crippen MR) is 103 cm³/mol. The van der Waals surface area contributed by atoms with E-state index >= 15 is 0 Å². The first-order valence-corrected chi connectivity index (χ1v) is 9.75. The van der Waals surface area contributed by atoms with Gasteiger partial charge >= 0.3 is 0 Å². The number of likely N-dealkylation sites (tertiary alicyclic amines) is 1. The quantitative estimate of drug-likeness (QED) is 0.635. The lowest BCUT2D eigenvalue weighted by Crippen LogP contribution is -2.50. The third-order valence-corrected chi connectivity index (χ3v) is 5.00. The number of carbonyl (C=O) groups excluding carboxylic acids is 2. The first-order valence-electron chi connectivity index (χ1n) is 9.75. The minimum Gasteiger partial charge on any atom is -0.488 e. The second-order valence-electron chi connectivity index (χ2n) is 7.02. The van der Waals surface area contributed by atoms with Gasteiger partial charge < -0.3 is 24.4 Å². The van der Waals surface area contributed by atoms with Crippen LogP contribution in [0.3, 0.4) is 0 Å². The van der Waals surface area contributed by atoms with Crippen LogP contribution < -0.4 is 10.1 Å². The number of ether oxygens (including phenoxy) is 3. The van der Waals surface area contributed by atoms with Crippen molar-refractivity contribution in [1.82, 2.24) is 15.1 Å². The number of hydrogen-bond donors (Lipinski definition) is 1. The van der Waals surface area contributed by atoms with Crippen LogP contribution in [0.4, 0.5) is 0 Å². The van der Waals surface area contributed by atoms with E-state index in [1.165, 1.54) is 0 Å². The molecule has 2 amide bonds. The molecule has 0 bridgehead atoms. The van der Waals surface area contributed by atoms with E-state index in [9.17, 15) is 9.59 Å². The Morgan fingerprint density at radius 2 is 1.96 bits per heavy atom. The molecular formula is C20H29N3O5. The van der Waals surface area contributed by atoms with Crippen LogP contribution in [0.15, 0.2) is 30.3 Å². The number of para-hydroxylation sites is 1. The van der Waals surface area contributed by atoms with E-state index in [2.05, 4.69) is 10.2 Å². The highest BCUT2D eigenvalue weighted by Crippen LogP contribution is 2.23. The number of morpholine rings is 1. The monoisotopic (exact) mass is 391 g/mol. The molecule has 1 aromatic rings. The Morgan fingerprint density at radius 3 is 2.68 bits per heavy atom. The van der Waals surface area contributed by atoms with Crippen molar-refractivity contribution in [2.24, 2.45) is 0 Å². The van der Waals surface area contributed by atoms with Crippen LogP contribution in [-0.2, 0) is 19.1 Å². The van der Waals surface area contributed by atoms with Crippen molar-refractivity contribution >= 4 is 11.8 Å². The van der Waals surface area contributed by atoms with Gasteiger partial charge in [0, 0.05) is 33.2 Å². The molecule has 0 radical (unpaired) electrons. The third kappa shape index (κ3) is 5.67. The summed E-state index contributed by atoms with van der Waals surface area (Å²) in [5.41, 5.74) is 0. The molecule has 1 N–H and O–H groups in total. The van der Waals surface area contributed by atoms with Crippen molar-refractivity contribution in [3.05, 3.63) is 30.3 Å². The maximum atomic E-state index is 12.9. The second-order valence-corrected chi connectivity index (χ2v) is 7.02. The average molecular weight is 391 g/mol. The number of benzene rings is 1. The lowest BCUT2D eigenvalue weighted by Gasteiger charge is -2.30. The molecule has 2 atom stereocenters. The molecule has 8 heteroatoms. The number of nitrogens with one attached hydrogen (secondary N) is 1. The van der Waals surface area contributed by atoms with E-state index in [4.69, 9.17) is 14.2 Å². The van der Waals surface area contributed by atoms with Gasteiger partial charge in [0.15, 0.2) is 0 Å².